The van der Waals surface area contributed by atoms with Crippen molar-refractivity contribution in [3.05, 3.63) is 70.2 Å². The van der Waals surface area contributed by atoms with Crippen molar-refractivity contribution in [1.29, 1.82) is 0 Å². The smallest absolute Gasteiger partial charge is 0.257 e. The number of rotatable bonds is 5. The van der Waals surface area contributed by atoms with Crippen LogP contribution in [-0.4, -0.2) is 37.7 Å². The first-order chi connectivity index (χ1) is 15.2. The summed E-state index contributed by atoms with van der Waals surface area (Å²) in [5.41, 5.74) is 2.73. The zero-order valence-electron chi connectivity index (χ0n) is 16.9. The number of nitrogens with zero attached hydrogens (tertiary/aromatic N) is 1. The minimum atomic E-state index is -3.43. The van der Waals surface area contributed by atoms with Gasteiger partial charge >= 0.3 is 0 Å². The van der Waals surface area contributed by atoms with Crippen LogP contribution in [0.3, 0.4) is 0 Å². The molecule has 0 aliphatic rings. The predicted molar refractivity (Wildman–Crippen MR) is 126 cm³/mol. The van der Waals surface area contributed by atoms with E-state index in [1.165, 1.54) is 18.2 Å². The van der Waals surface area contributed by atoms with Gasteiger partial charge in [0.05, 0.1) is 38.6 Å². The number of methoxy groups -OCH3 is 1. The van der Waals surface area contributed by atoms with E-state index < -0.39 is 15.7 Å². The summed E-state index contributed by atoms with van der Waals surface area (Å²) in [6.07, 6.45) is 1.07. The number of hydrogen-bond acceptors (Lipinski definition) is 5. The number of carbonyl (C=O) groups is 1. The SMILES string of the molecule is COc1ccc2[nH]c(-c3cc(NC(=O)c4ccc(S(C)(=O)=O)cc4Cl)ccc3Cl)nc2c1. The molecule has 0 saturated heterocycles. The molecule has 0 bridgehead atoms. The zero-order chi connectivity index (χ0) is 23.0. The van der Waals surface area contributed by atoms with E-state index in [9.17, 15) is 13.2 Å². The third kappa shape index (κ3) is 4.43. The number of sulfone groups is 1. The van der Waals surface area contributed by atoms with Crippen molar-refractivity contribution in [2.45, 2.75) is 4.90 Å². The van der Waals surface area contributed by atoms with Gasteiger partial charge in [0.2, 0.25) is 0 Å². The van der Waals surface area contributed by atoms with Crippen LogP contribution in [0.4, 0.5) is 5.69 Å². The maximum Gasteiger partial charge on any atom is 0.257 e. The van der Waals surface area contributed by atoms with Crippen LogP contribution in [0.15, 0.2) is 59.5 Å². The molecule has 4 rings (SSSR count). The van der Waals surface area contributed by atoms with E-state index in [1.54, 1.807) is 31.4 Å². The summed E-state index contributed by atoms with van der Waals surface area (Å²) in [5.74, 6) is 0.726. The van der Waals surface area contributed by atoms with Gasteiger partial charge in [-0.1, -0.05) is 23.2 Å². The minimum Gasteiger partial charge on any atom is -0.497 e. The van der Waals surface area contributed by atoms with Crippen LogP contribution in [0.1, 0.15) is 10.4 Å². The van der Waals surface area contributed by atoms with Gasteiger partial charge in [0.25, 0.3) is 5.91 Å². The Balaban J connectivity index is 1.64. The fourth-order valence-electron chi connectivity index (χ4n) is 3.13. The molecule has 2 N–H and O–H groups in total. The molecule has 0 fully saturated rings. The Morgan fingerprint density at radius 1 is 1.03 bits per heavy atom. The average Bonchev–Trinajstić information content (AvgIpc) is 3.17. The molecule has 0 aliphatic carbocycles. The second kappa shape index (κ2) is 8.46. The Hall–Kier alpha value is -3.07. The number of amides is 1. The number of fused-ring (bicyclic) bond motifs is 1. The Morgan fingerprint density at radius 2 is 1.81 bits per heavy atom. The van der Waals surface area contributed by atoms with Gasteiger partial charge in [-0.05, 0) is 48.5 Å². The van der Waals surface area contributed by atoms with Gasteiger partial charge in [0.15, 0.2) is 9.84 Å². The Bertz CT molecular complexity index is 1470. The van der Waals surface area contributed by atoms with Crippen molar-refractivity contribution in [3.8, 4) is 17.1 Å². The molecule has 1 amide bonds. The Kier molecular flexibility index (Phi) is 5.85. The number of ether oxygens (including phenoxy) is 1. The molecule has 0 unspecified atom stereocenters. The lowest BCUT2D eigenvalue weighted by atomic mass is 10.1. The van der Waals surface area contributed by atoms with E-state index in [-0.39, 0.29) is 15.5 Å². The normalized spacial score (nSPS) is 11.5. The van der Waals surface area contributed by atoms with E-state index in [4.69, 9.17) is 27.9 Å². The van der Waals surface area contributed by atoms with Crippen LogP contribution in [0, 0.1) is 0 Å². The highest BCUT2D eigenvalue weighted by atomic mass is 35.5. The van der Waals surface area contributed by atoms with E-state index in [1.807, 2.05) is 12.1 Å². The van der Waals surface area contributed by atoms with Gasteiger partial charge in [0, 0.05) is 23.6 Å². The number of halogens is 2. The van der Waals surface area contributed by atoms with E-state index in [0.29, 0.717) is 33.4 Å². The van der Waals surface area contributed by atoms with Crippen molar-refractivity contribution < 1.29 is 17.9 Å². The number of anilines is 1. The molecule has 0 saturated carbocycles. The highest BCUT2D eigenvalue weighted by Crippen LogP contribution is 2.31. The molecular weight excluding hydrogens is 473 g/mol. The van der Waals surface area contributed by atoms with Crippen LogP contribution in [0.25, 0.3) is 22.4 Å². The van der Waals surface area contributed by atoms with Gasteiger partial charge in [-0.15, -0.1) is 0 Å². The zero-order valence-corrected chi connectivity index (χ0v) is 19.3. The summed E-state index contributed by atoms with van der Waals surface area (Å²) in [7, 11) is -1.85. The molecule has 4 aromatic rings. The first kappa shape index (κ1) is 22.1. The first-order valence-corrected chi connectivity index (χ1v) is 11.9. The lowest BCUT2D eigenvalue weighted by molar-refractivity contribution is 0.102. The molecule has 0 spiro atoms. The molecule has 0 atom stereocenters. The molecule has 32 heavy (non-hydrogen) atoms. The number of aromatic amines is 1. The van der Waals surface area contributed by atoms with E-state index in [2.05, 4.69) is 15.3 Å². The van der Waals surface area contributed by atoms with Crippen LogP contribution in [0.5, 0.6) is 5.75 Å². The number of H-pyrrole nitrogens is 1. The third-order valence-corrected chi connectivity index (χ3v) is 6.54. The Morgan fingerprint density at radius 3 is 2.50 bits per heavy atom. The molecule has 3 aromatic carbocycles. The standard InChI is InChI=1S/C22H17Cl2N3O4S/c1-31-13-4-8-19-20(10-13)27-21(26-19)16-9-12(3-7-17(16)23)25-22(28)15-6-5-14(11-18(15)24)32(2,29)30/h3-11H,1-2H3,(H,25,28)(H,26,27). The summed E-state index contributed by atoms with van der Waals surface area (Å²) in [4.78, 5) is 20.5. The molecule has 10 heteroatoms. The molecule has 0 radical (unpaired) electrons. The fourth-order valence-corrected chi connectivity index (χ4v) is 4.32. The highest BCUT2D eigenvalue weighted by molar-refractivity contribution is 7.90. The van der Waals surface area contributed by atoms with Gasteiger partial charge in [-0.3, -0.25) is 4.79 Å². The number of nitrogens with one attached hydrogen (secondary N) is 2. The van der Waals surface area contributed by atoms with Gasteiger partial charge in [-0.2, -0.15) is 0 Å². The van der Waals surface area contributed by atoms with Crippen molar-refractivity contribution >= 4 is 55.7 Å². The van der Waals surface area contributed by atoms with Gasteiger partial charge in [0.1, 0.15) is 11.6 Å². The summed E-state index contributed by atoms with van der Waals surface area (Å²) in [6, 6.07) is 14.4. The van der Waals surface area contributed by atoms with Crippen molar-refractivity contribution in [2.75, 3.05) is 18.7 Å². The summed E-state index contributed by atoms with van der Waals surface area (Å²) < 4.78 is 28.6. The van der Waals surface area contributed by atoms with Crippen LogP contribution < -0.4 is 10.1 Å². The molecule has 0 aliphatic heterocycles. The second-order valence-corrected chi connectivity index (χ2v) is 9.86. The topological polar surface area (TPSA) is 101 Å². The Labute approximate surface area is 194 Å². The first-order valence-electron chi connectivity index (χ1n) is 9.30. The average molecular weight is 490 g/mol. The molecule has 7 nitrogen and oxygen atoms in total. The van der Waals surface area contributed by atoms with Crippen LogP contribution in [0.2, 0.25) is 10.0 Å². The maximum absolute atomic E-state index is 12.7. The van der Waals surface area contributed by atoms with Crippen molar-refractivity contribution in [3.63, 3.8) is 0 Å². The number of hydrogen-bond donors (Lipinski definition) is 2. The molecule has 164 valence electrons. The highest BCUT2D eigenvalue weighted by Gasteiger charge is 2.16. The van der Waals surface area contributed by atoms with E-state index in [0.717, 1.165) is 11.8 Å². The fraction of sp³-hybridized carbons (Fsp3) is 0.0909. The lowest BCUT2D eigenvalue weighted by Gasteiger charge is -2.10. The molecule has 1 heterocycles. The second-order valence-electron chi connectivity index (χ2n) is 7.03. The summed E-state index contributed by atoms with van der Waals surface area (Å²) >= 11 is 12.5. The number of aromatic nitrogens is 2. The minimum absolute atomic E-state index is 0.0332. The molecular formula is C22H17Cl2N3O4S. The molecule has 1 aromatic heterocycles. The maximum atomic E-state index is 12.7. The monoisotopic (exact) mass is 489 g/mol. The number of carbonyl (C=O) groups excluding carboxylic acids is 1. The van der Waals surface area contributed by atoms with Crippen molar-refractivity contribution in [1.82, 2.24) is 9.97 Å². The third-order valence-electron chi connectivity index (χ3n) is 4.78. The quantitative estimate of drug-likeness (QED) is 0.401. The van der Waals surface area contributed by atoms with Crippen LogP contribution >= 0.6 is 23.2 Å². The van der Waals surface area contributed by atoms with Crippen LogP contribution in [-0.2, 0) is 9.84 Å². The van der Waals surface area contributed by atoms with Gasteiger partial charge in [-0.25, -0.2) is 13.4 Å². The predicted octanol–water partition coefficient (Wildman–Crippen LogP) is 5.20. The van der Waals surface area contributed by atoms with Gasteiger partial charge < -0.3 is 15.0 Å². The number of benzene rings is 3. The largest absolute Gasteiger partial charge is 0.497 e. The van der Waals surface area contributed by atoms with E-state index >= 15 is 0 Å². The van der Waals surface area contributed by atoms with Crippen molar-refractivity contribution in [2.24, 2.45) is 0 Å². The number of imidazole rings is 1. The summed E-state index contributed by atoms with van der Waals surface area (Å²) in [6.45, 7) is 0. The lowest BCUT2D eigenvalue weighted by Crippen LogP contribution is -2.13. The summed E-state index contributed by atoms with van der Waals surface area (Å²) in [5, 5.41) is 3.24.